The Morgan fingerprint density at radius 1 is 0.963 bits per heavy atom. The molecule has 136 valence electrons. The van der Waals surface area contributed by atoms with Crippen molar-refractivity contribution in [2.45, 2.75) is 38.1 Å². The Balaban J connectivity index is 1.77. The molecule has 1 aliphatic rings. The zero-order chi connectivity index (χ0) is 18.2. The molecule has 0 aliphatic heterocycles. The van der Waals surface area contributed by atoms with E-state index in [1.165, 1.54) is 25.3 Å². The first-order chi connectivity index (χ1) is 13.3. The number of rotatable bonds is 3. The van der Waals surface area contributed by atoms with Crippen LogP contribution < -0.4 is 0 Å². The van der Waals surface area contributed by atoms with Crippen LogP contribution in [-0.2, 0) is 0 Å². The average molecular weight is 360 g/mol. The SMILES string of the molecule is Fc1ccccc1-c1ncn(C2CCCCC2)c1-c1ccnc2[nH]ccc12. The monoisotopic (exact) mass is 360 g/mol. The number of nitrogens with one attached hydrogen (secondary N) is 1. The van der Waals surface area contributed by atoms with Gasteiger partial charge in [0.15, 0.2) is 0 Å². The number of hydrogen-bond acceptors (Lipinski definition) is 2. The molecule has 0 amide bonds. The summed E-state index contributed by atoms with van der Waals surface area (Å²) in [7, 11) is 0. The van der Waals surface area contributed by atoms with Gasteiger partial charge in [-0.15, -0.1) is 0 Å². The zero-order valence-electron chi connectivity index (χ0n) is 15.0. The van der Waals surface area contributed by atoms with E-state index in [1.54, 1.807) is 12.3 Å². The maximum atomic E-state index is 14.6. The second-order valence-corrected chi connectivity index (χ2v) is 7.22. The van der Waals surface area contributed by atoms with Gasteiger partial charge in [0.05, 0.1) is 17.7 Å². The number of halogens is 1. The predicted octanol–water partition coefficient (Wildman–Crippen LogP) is 5.74. The summed E-state index contributed by atoms with van der Waals surface area (Å²) in [6.45, 7) is 0. The van der Waals surface area contributed by atoms with Gasteiger partial charge in [-0.25, -0.2) is 14.4 Å². The minimum atomic E-state index is -0.244. The highest BCUT2D eigenvalue weighted by molar-refractivity contribution is 5.95. The van der Waals surface area contributed by atoms with Crippen LogP contribution in [0.2, 0.25) is 0 Å². The van der Waals surface area contributed by atoms with E-state index in [-0.39, 0.29) is 5.82 Å². The first-order valence-corrected chi connectivity index (χ1v) is 9.57. The van der Waals surface area contributed by atoms with Crippen LogP contribution in [0.5, 0.6) is 0 Å². The number of pyridine rings is 1. The first kappa shape index (κ1) is 16.2. The Morgan fingerprint density at radius 2 is 1.81 bits per heavy atom. The molecule has 0 unspecified atom stereocenters. The fourth-order valence-electron chi connectivity index (χ4n) is 4.28. The van der Waals surface area contributed by atoms with Gasteiger partial charge < -0.3 is 9.55 Å². The number of hydrogen-bond donors (Lipinski definition) is 1. The van der Waals surface area contributed by atoms with Gasteiger partial charge >= 0.3 is 0 Å². The number of nitrogens with zero attached hydrogens (tertiary/aromatic N) is 3. The molecule has 1 N–H and O–H groups in total. The molecule has 4 aromatic rings. The van der Waals surface area contributed by atoms with Gasteiger partial charge in [-0.3, -0.25) is 0 Å². The van der Waals surface area contributed by atoms with Crippen molar-refractivity contribution in [1.82, 2.24) is 19.5 Å². The molecular formula is C22H21FN4. The Labute approximate surface area is 157 Å². The smallest absolute Gasteiger partial charge is 0.137 e. The van der Waals surface area contributed by atoms with Crippen molar-refractivity contribution in [3.05, 3.63) is 60.9 Å². The maximum Gasteiger partial charge on any atom is 0.137 e. The van der Waals surface area contributed by atoms with Crippen LogP contribution in [0.25, 0.3) is 33.5 Å². The fraction of sp³-hybridized carbons (Fsp3) is 0.273. The highest BCUT2D eigenvalue weighted by atomic mass is 19.1. The normalized spacial score (nSPS) is 15.4. The number of aromatic nitrogens is 4. The third-order valence-electron chi connectivity index (χ3n) is 5.61. The third kappa shape index (κ3) is 2.74. The van der Waals surface area contributed by atoms with Gasteiger partial charge in [-0.1, -0.05) is 31.4 Å². The van der Waals surface area contributed by atoms with Crippen LogP contribution in [-0.4, -0.2) is 19.5 Å². The van der Waals surface area contributed by atoms with E-state index < -0.39 is 0 Å². The molecule has 3 heterocycles. The fourth-order valence-corrected chi connectivity index (χ4v) is 4.28. The van der Waals surface area contributed by atoms with Gasteiger partial charge in [-0.2, -0.15) is 0 Å². The molecule has 0 radical (unpaired) electrons. The van der Waals surface area contributed by atoms with Gasteiger partial charge in [-0.05, 0) is 37.1 Å². The zero-order valence-corrected chi connectivity index (χ0v) is 15.0. The highest BCUT2D eigenvalue weighted by Gasteiger charge is 2.24. The number of imidazole rings is 1. The molecule has 1 fully saturated rings. The van der Waals surface area contributed by atoms with Gasteiger partial charge in [0.1, 0.15) is 11.5 Å². The molecule has 1 aliphatic carbocycles. The average Bonchev–Trinajstić information content (AvgIpc) is 3.36. The van der Waals surface area contributed by atoms with E-state index in [1.807, 2.05) is 36.8 Å². The number of aromatic amines is 1. The van der Waals surface area contributed by atoms with Crippen molar-refractivity contribution >= 4 is 11.0 Å². The summed E-state index contributed by atoms with van der Waals surface area (Å²) in [4.78, 5) is 12.3. The number of benzene rings is 1. The van der Waals surface area contributed by atoms with E-state index in [0.717, 1.165) is 35.1 Å². The summed E-state index contributed by atoms with van der Waals surface area (Å²) in [5, 5.41) is 1.03. The molecule has 0 spiro atoms. The highest BCUT2D eigenvalue weighted by Crippen LogP contribution is 2.40. The summed E-state index contributed by atoms with van der Waals surface area (Å²) in [5.74, 6) is -0.244. The standard InChI is InChI=1S/C22H21FN4/c23-19-9-5-4-8-18(19)20-21(16-10-12-24-22-17(16)11-13-25-22)27(14-26-20)15-6-2-1-3-7-15/h4-5,8-15H,1-3,6-7H2,(H,24,25). The summed E-state index contributed by atoms with van der Waals surface area (Å²) >= 11 is 0. The largest absolute Gasteiger partial charge is 0.346 e. The van der Waals surface area contributed by atoms with E-state index in [4.69, 9.17) is 0 Å². The summed E-state index contributed by atoms with van der Waals surface area (Å²) in [5.41, 5.74) is 4.11. The van der Waals surface area contributed by atoms with Gasteiger partial charge in [0.25, 0.3) is 0 Å². The molecule has 1 saturated carbocycles. The second-order valence-electron chi connectivity index (χ2n) is 7.22. The van der Waals surface area contributed by atoms with Crippen LogP contribution in [0.4, 0.5) is 4.39 Å². The lowest BCUT2D eigenvalue weighted by molar-refractivity contribution is 0.355. The summed E-state index contributed by atoms with van der Waals surface area (Å²) in [6, 6.07) is 11.3. The van der Waals surface area contributed by atoms with Crippen LogP contribution >= 0.6 is 0 Å². The lowest BCUT2D eigenvalue weighted by Gasteiger charge is -2.25. The quantitative estimate of drug-likeness (QED) is 0.506. The summed E-state index contributed by atoms with van der Waals surface area (Å²) < 4.78 is 16.9. The maximum absolute atomic E-state index is 14.6. The van der Waals surface area contributed by atoms with E-state index >= 15 is 0 Å². The molecule has 27 heavy (non-hydrogen) atoms. The molecule has 0 atom stereocenters. The van der Waals surface area contributed by atoms with Crippen molar-refractivity contribution in [3.63, 3.8) is 0 Å². The Kier molecular flexibility index (Phi) is 4.00. The lowest BCUT2D eigenvalue weighted by atomic mass is 9.94. The van der Waals surface area contributed by atoms with Crippen LogP contribution in [0, 0.1) is 5.82 Å². The molecule has 0 bridgehead atoms. The minimum absolute atomic E-state index is 0.244. The molecule has 1 aromatic carbocycles. The Bertz CT molecular complexity index is 1090. The van der Waals surface area contributed by atoms with Crippen LogP contribution in [0.15, 0.2) is 55.1 Å². The Morgan fingerprint density at radius 3 is 2.67 bits per heavy atom. The van der Waals surface area contributed by atoms with E-state index in [2.05, 4.69) is 19.5 Å². The minimum Gasteiger partial charge on any atom is -0.346 e. The first-order valence-electron chi connectivity index (χ1n) is 9.57. The van der Waals surface area contributed by atoms with Crippen molar-refractivity contribution in [1.29, 1.82) is 0 Å². The molecule has 4 nitrogen and oxygen atoms in total. The molecular weight excluding hydrogens is 339 g/mol. The van der Waals surface area contributed by atoms with Crippen LogP contribution in [0.1, 0.15) is 38.1 Å². The van der Waals surface area contributed by atoms with Gasteiger partial charge in [0.2, 0.25) is 0 Å². The van der Waals surface area contributed by atoms with Crippen molar-refractivity contribution in [3.8, 4) is 22.5 Å². The number of H-pyrrole nitrogens is 1. The van der Waals surface area contributed by atoms with E-state index in [0.29, 0.717) is 17.3 Å². The summed E-state index contributed by atoms with van der Waals surface area (Å²) in [6.07, 6.45) is 11.6. The predicted molar refractivity (Wildman–Crippen MR) is 105 cm³/mol. The van der Waals surface area contributed by atoms with Crippen LogP contribution in [0.3, 0.4) is 0 Å². The second kappa shape index (κ2) is 6.65. The van der Waals surface area contributed by atoms with Crippen molar-refractivity contribution in [2.24, 2.45) is 0 Å². The molecule has 5 heteroatoms. The van der Waals surface area contributed by atoms with Gasteiger partial charge in [0, 0.05) is 34.9 Å². The third-order valence-corrected chi connectivity index (χ3v) is 5.61. The van der Waals surface area contributed by atoms with E-state index in [9.17, 15) is 4.39 Å². The Hall–Kier alpha value is -2.95. The molecule has 0 saturated heterocycles. The molecule has 3 aromatic heterocycles. The van der Waals surface area contributed by atoms with Crippen molar-refractivity contribution in [2.75, 3.05) is 0 Å². The molecule has 5 rings (SSSR count). The van der Waals surface area contributed by atoms with Crippen molar-refractivity contribution < 1.29 is 4.39 Å². The lowest BCUT2D eigenvalue weighted by Crippen LogP contribution is -2.13. The topological polar surface area (TPSA) is 46.5 Å². The number of fused-ring (bicyclic) bond motifs is 1.